The quantitative estimate of drug-likeness (QED) is 0.643. The number of ether oxygens (including phenoxy) is 1. The minimum atomic E-state index is -0.531. The molecule has 0 atom stereocenters. The maximum atomic E-state index is 13.8. The normalized spacial score (nSPS) is 10.6. The number of halogens is 2. The maximum Gasteiger partial charge on any atom is 0.266 e. The summed E-state index contributed by atoms with van der Waals surface area (Å²) in [5.41, 5.74) is 1.26. The van der Waals surface area contributed by atoms with Gasteiger partial charge >= 0.3 is 0 Å². The standard InChI is InChI=1S/C21H19ClFN3O3/c1-29-15-5-2-4-14(12-15)19-8-9-21(28)26(25-19)11-10-24-20(27)13-16-17(22)6-3-7-18(16)23/h2-9,12H,10-11,13H2,1H3,(H,24,27). The molecule has 3 rings (SSSR count). The predicted molar refractivity (Wildman–Crippen MR) is 109 cm³/mol. The fourth-order valence-corrected chi connectivity index (χ4v) is 3.00. The van der Waals surface area contributed by atoms with E-state index in [-0.39, 0.29) is 35.7 Å². The van der Waals surface area contributed by atoms with E-state index in [4.69, 9.17) is 16.3 Å². The first-order valence-electron chi connectivity index (χ1n) is 8.90. The molecular weight excluding hydrogens is 397 g/mol. The molecular formula is C21H19ClFN3O3. The molecule has 0 bridgehead atoms. The van der Waals surface area contributed by atoms with Crippen LogP contribution in [0.1, 0.15) is 5.56 Å². The van der Waals surface area contributed by atoms with Gasteiger partial charge in [0.25, 0.3) is 5.56 Å². The van der Waals surface area contributed by atoms with Gasteiger partial charge in [-0.05, 0) is 30.3 Å². The highest BCUT2D eigenvalue weighted by molar-refractivity contribution is 6.31. The van der Waals surface area contributed by atoms with Gasteiger partial charge in [-0.15, -0.1) is 0 Å². The summed E-state index contributed by atoms with van der Waals surface area (Å²) in [5, 5.41) is 7.20. The molecule has 0 aliphatic rings. The number of methoxy groups -OCH3 is 1. The summed E-state index contributed by atoms with van der Waals surface area (Å²) in [6.07, 6.45) is -0.183. The van der Waals surface area contributed by atoms with Crippen LogP contribution in [0.3, 0.4) is 0 Å². The van der Waals surface area contributed by atoms with Gasteiger partial charge in [0.15, 0.2) is 0 Å². The maximum absolute atomic E-state index is 13.8. The summed E-state index contributed by atoms with van der Waals surface area (Å²) in [4.78, 5) is 24.2. The van der Waals surface area contributed by atoms with Gasteiger partial charge in [-0.3, -0.25) is 9.59 Å². The summed E-state index contributed by atoms with van der Waals surface area (Å²) >= 11 is 5.94. The molecule has 8 heteroatoms. The van der Waals surface area contributed by atoms with Crippen molar-refractivity contribution >= 4 is 17.5 Å². The van der Waals surface area contributed by atoms with Gasteiger partial charge in [-0.2, -0.15) is 5.10 Å². The van der Waals surface area contributed by atoms with Crippen LogP contribution >= 0.6 is 11.6 Å². The van der Waals surface area contributed by atoms with Crippen LogP contribution in [0.4, 0.5) is 4.39 Å². The van der Waals surface area contributed by atoms with Crippen molar-refractivity contribution in [3.8, 4) is 17.0 Å². The van der Waals surface area contributed by atoms with Gasteiger partial charge in [-0.25, -0.2) is 9.07 Å². The molecule has 1 heterocycles. The number of aromatic nitrogens is 2. The molecule has 0 saturated carbocycles. The molecule has 0 aliphatic carbocycles. The average Bonchev–Trinajstić information content (AvgIpc) is 2.72. The lowest BCUT2D eigenvalue weighted by Gasteiger charge is -2.10. The zero-order valence-electron chi connectivity index (χ0n) is 15.7. The number of benzene rings is 2. The molecule has 3 aromatic rings. The van der Waals surface area contributed by atoms with Gasteiger partial charge < -0.3 is 10.1 Å². The third-order valence-corrected chi connectivity index (χ3v) is 4.63. The van der Waals surface area contributed by atoms with Crippen molar-refractivity contribution in [2.45, 2.75) is 13.0 Å². The van der Waals surface area contributed by atoms with Crippen LogP contribution < -0.4 is 15.6 Å². The second-order valence-electron chi connectivity index (χ2n) is 6.24. The van der Waals surface area contributed by atoms with E-state index >= 15 is 0 Å². The molecule has 0 spiro atoms. The first kappa shape index (κ1) is 20.5. The number of hydrogen-bond acceptors (Lipinski definition) is 4. The second kappa shape index (κ2) is 9.34. The van der Waals surface area contributed by atoms with E-state index in [0.29, 0.717) is 11.4 Å². The Kier molecular flexibility index (Phi) is 6.61. The SMILES string of the molecule is COc1cccc(-c2ccc(=O)n(CCNC(=O)Cc3c(F)cccc3Cl)n2)c1. The molecule has 0 fully saturated rings. The Labute approximate surface area is 171 Å². The van der Waals surface area contributed by atoms with Crippen LogP contribution in [0, 0.1) is 5.82 Å². The van der Waals surface area contributed by atoms with Crippen LogP contribution in [0.2, 0.25) is 5.02 Å². The first-order chi connectivity index (χ1) is 14.0. The Hall–Kier alpha value is -3.19. The lowest BCUT2D eigenvalue weighted by atomic mass is 10.1. The van der Waals surface area contributed by atoms with Crippen LogP contribution in [-0.4, -0.2) is 29.3 Å². The van der Waals surface area contributed by atoms with E-state index in [0.717, 1.165) is 5.56 Å². The largest absolute Gasteiger partial charge is 0.497 e. The zero-order chi connectivity index (χ0) is 20.8. The van der Waals surface area contributed by atoms with E-state index in [1.165, 1.54) is 28.9 Å². The van der Waals surface area contributed by atoms with Gasteiger partial charge in [-0.1, -0.05) is 29.8 Å². The van der Waals surface area contributed by atoms with Crippen molar-refractivity contribution in [3.63, 3.8) is 0 Å². The minimum Gasteiger partial charge on any atom is -0.497 e. The minimum absolute atomic E-state index is 0.141. The second-order valence-corrected chi connectivity index (χ2v) is 6.65. The van der Waals surface area contributed by atoms with Crippen LogP contribution in [0.15, 0.2) is 59.4 Å². The lowest BCUT2D eigenvalue weighted by Crippen LogP contribution is -2.32. The van der Waals surface area contributed by atoms with Crippen molar-refractivity contribution in [3.05, 3.63) is 81.4 Å². The number of nitrogens with zero attached hydrogens (tertiary/aromatic N) is 2. The molecule has 1 amide bonds. The summed E-state index contributed by atoms with van der Waals surface area (Å²) in [6, 6.07) is 14.6. The van der Waals surface area contributed by atoms with E-state index in [2.05, 4.69) is 10.4 Å². The highest BCUT2D eigenvalue weighted by Crippen LogP contribution is 2.21. The number of hydrogen-bond donors (Lipinski definition) is 1. The monoisotopic (exact) mass is 415 g/mol. The Balaban J connectivity index is 1.64. The molecule has 0 radical (unpaired) electrons. The number of carbonyl (C=O) groups is 1. The van der Waals surface area contributed by atoms with E-state index in [1.54, 1.807) is 13.2 Å². The van der Waals surface area contributed by atoms with Gasteiger partial charge in [0.05, 0.1) is 25.8 Å². The highest BCUT2D eigenvalue weighted by atomic mass is 35.5. The number of rotatable bonds is 7. The topological polar surface area (TPSA) is 73.2 Å². The summed E-state index contributed by atoms with van der Waals surface area (Å²) < 4.78 is 20.3. The third-order valence-electron chi connectivity index (χ3n) is 4.28. The number of amides is 1. The fourth-order valence-electron chi connectivity index (χ4n) is 2.77. The molecule has 2 aromatic carbocycles. The van der Waals surface area contributed by atoms with Crippen LogP contribution in [-0.2, 0) is 17.8 Å². The fraction of sp³-hybridized carbons (Fsp3) is 0.190. The molecule has 1 N–H and O–H groups in total. The third kappa shape index (κ3) is 5.20. The molecule has 0 aliphatic heterocycles. The Morgan fingerprint density at radius 1 is 1.21 bits per heavy atom. The van der Waals surface area contributed by atoms with Crippen LogP contribution in [0.5, 0.6) is 5.75 Å². The van der Waals surface area contributed by atoms with E-state index in [9.17, 15) is 14.0 Å². The zero-order valence-corrected chi connectivity index (χ0v) is 16.4. The van der Waals surface area contributed by atoms with Crippen molar-refractivity contribution in [2.24, 2.45) is 0 Å². The average molecular weight is 416 g/mol. The Morgan fingerprint density at radius 2 is 2.00 bits per heavy atom. The highest BCUT2D eigenvalue weighted by Gasteiger charge is 2.12. The van der Waals surface area contributed by atoms with E-state index < -0.39 is 11.7 Å². The summed E-state index contributed by atoms with van der Waals surface area (Å²) in [6.45, 7) is 0.340. The Morgan fingerprint density at radius 3 is 2.76 bits per heavy atom. The molecule has 1 aromatic heterocycles. The van der Waals surface area contributed by atoms with Crippen LogP contribution in [0.25, 0.3) is 11.3 Å². The molecule has 0 saturated heterocycles. The van der Waals surface area contributed by atoms with E-state index in [1.807, 2.05) is 24.3 Å². The lowest BCUT2D eigenvalue weighted by molar-refractivity contribution is -0.120. The smallest absolute Gasteiger partial charge is 0.266 e. The van der Waals surface area contributed by atoms with Gasteiger partial charge in [0.2, 0.25) is 5.91 Å². The molecule has 6 nitrogen and oxygen atoms in total. The molecule has 0 unspecified atom stereocenters. The predicted octanol–water partition coefficient (Wildman–Crippen LogP) is 3.07. The van der Waals surface area contributed by atoms with Crippen molar-refractivity contribution in [1.29, 1.82) is 0 Å². The van der Waals surface area contributed by atoms with Crippen molar-refractivity contribution < 1.29 is 13.9 Å². The molecule has 29 heavy (non-hydrogen) atoms. The first-order valence-corrected chi connectivity index (χ1v) is 9.28. The van der Waals surface area contributed by atoms with Gasteiger partial charge in [0.1, 0.15) is 11.6 Å². The van der Waals surface area contributed by atoms with Crippen molar-refractivity contribution in [1.82, 2.24) is 15.1 Å². The number of nitrogens with one attached hydrogen (secondary N) is 1. The van der Waals surface area contributed by atoms with Crippen molar-refractivity contribution in [2.75, 3.05) is 13.7 Å². The number of carbonyl (C=O) groups excluding carboxylic acids is 1. The Bertz CT molecular complexity index is 1060. The summed E-state index contributed by atoms with van der Waals surface area (Å²) in [7, 11) is 1.57. The van der Waals surface area contributed by atoms with Gasteiger partial charge in [0, 0.05) is 28.8 Å². The molecule has 150 valence electrons. The summed E-state index contributed by atoms with van der Waals surface area (Å²) in [5.74, 6) is -0.244.